The summed E-state index contributed by atoms with van der Waals surface area (Å²) in [6.45, 7) is 1.83. The summed E-state index contributed by atoms with van der Waals surface area (Å²) in [4.78, 5) is 32.1. The average Bonchev–Trinajstić information content (AvgIpc) is 3.02. The molecule has 0 bridgehead atoms. The zero-order chi connectivity index (χ0) is 23.5. The van der Waals surface area contributed by atoms with Crippen molar-refractivity contribution >= 4 is 11.9 Å². The average molecular weight is 452 g/mol. The maximum atomic E-state index is 13.5. The second-order valence-electron chi connectivity index (χ2n) is 10.3. The number of rotatable bonds is 8. The molecule has 1 heterocycles. The van der Waals surface area contributed by atoms with Crippen LogP contribution in [0.4, 0.5) is 4.79 Å². The molecule has 4 rings (SSSR count). The zero-order valence-electron chi connectivity index (χ0n) is 20.1. The van der Waals surface area contributed by atoms with Gasteiger partial charge in [-0.1, -0.05) is 36.8 Å². The molecule has 33 heavy (non-hydrogen) atoms. The third kappa shape index (κ3) is 4.59. The van der Waals surface area contributed by atoms with Gasteiger partial charge in [-0.2, -0.15) is 5.26 Å². The van der Waals surface area contributed by atoms with Crippen molar-refractivity contribution in [2.75, 3.05) is 40.3 Å². The number of carbonyl (C=O) groups is 2. The Morgan fingerprint density at radius 2 is 1.88 bits per heavy atom. The highest BCUT2D eigenvalue weighted by Crippen LogP contribution is 2.49. The second kappa shape index (κ2) is 9.72. The summed E-state index contributed by atoms with van der Waals surface area (Å²) >= 11 is 0. The van der Waals surface area contributed by atoms with Gasteiger partial charge >= 0.3 is 6.03 Å². The van der Waals surface area contributed by atoms with E-state index in [4.69, 9.17) is 5.26 Å². The fraction of sp³-hybridized carbons (Fsp3) is 0.654. The minimum Gasteiger partial charge on any atom is -0.354 e. The third-order valence-electron chi connectivity index (χ3n) is 8.29. The Labute approximate surface area is 197 Å². The number of urea groups is 1. The van der Waals surface area contributed by atoms with Crippen LogP contribution in [0, 0.1) is 17.2 Å². The van der Waals surface area contributed by atoms with Gasteiger partial charge < -0.3 is 15.1 Å². The molecule has 3 fully saturated rings. The van der Waals surface area contributed by atoms with E-state index in [1.165, 1.54) is 24.8 Å². The van der Waals surface area contributed by atoms with Gasteiger partial charge in [0, 0.05) is 25.2 Å². The molecule has 3 amide bonds. The molecule has 1 aliphatic heterocycles. The quantitative estimate of drug-likeness (QED) is 0.615. The Bertz CT molecular complexity index is 882. The smallest absolute Gasteiger partial charge is 0.321 e. The summed E-state index contributed by atoms with van der Waals surface area (Å²) in [7, 11) is 4.32. The summed E-state index contributed by atoms with van der Waals surface area (Å²) in [5.74, 6) is 0.409. The Kier molecular flexibility index (Phi) is 6.94. The van der Waals surface area contributed by atoms with E-state index in [0.717, 1.165) is 32.2 Å². The lowest BCUT2D eigenvalue weighted by Gasteiger charge is -2.51. The molecular formula is C26H37N5O2. The summed E-state index contributed by atoms with van der Waals surface area (Å²) in [6.07, 6.45) is 7.77. The molecular weight excluding hydrogens is 414 g/mol. The number of amides is 3. The first-order valence-corrected chi connectivity index (χ1v) is 12.3. The second-order valence-corrected chi connectivity index (χ2v) is 10.3. The van der Waals surface area contributed by atoms with Crippen molar-refractivity contribution in [3.63, 3.8) is 0 Å². The summed E-state index contributed by atoms with van der Waals surface area (Å²) in [5, 5.41) is 11.5. The summed E-state index contributed by atoms with van der Waals surface area (Å²) < 4.78 is 0. The molecule has 3 aliphatic rings. The van der Waals surface area contributed by atoms with Crippen LogP contribution in [0.15, 0.2) is 30.3 Å². The van der Waals surface area contributed by atoms with Crippen molar-refractivity contribution in [3.8, 4) is 6.07 Å². The molecule has 1 N–H and O–H groups in total. The van der Waals surface area contributed by atoms with Crippen LogP contribution in [-0.2, 0) is 10.3 Å². The predicted molar refractivity (Wildman–Crippen MR) is 127 cm³/mol. The minimum atomic E-state index is -0.200. The molecule has 2 saturated carbocycles. The zero-order valence-corrected chi connectivity index (χ0v) is 20.1. The van der Waals surface area contributed by atoms with Crippen LogP contribution in [0.2, 0.25) is 0 Å². The van der Waals surface area contributed by atoms with Gasteiger partial charge in [0.25, 0.3) is 0 Å². The van der Waals surface area contributed by atoms with Crippen LogP contribution in [0.5, 0.6) is 0 Å². The molecule has 7 nitrogen and oxygen atoms in total. The lowest BCUT2D eigenvalue weighted by atomic mass is 9.68. The van der Waals surface area contributed by atoms with E-state index < -0.39 is 0 Å². The molecule has 1 aromatic carbocycles. The number of nitrogens with one attached hydrogen (secondary N) is 1. The SMILES string of the molecule is CN(C)[C@]1(c2ccccc2)CC[C@]2(CC1)CN(CC(=O)NCCC#N)C(=O)N2CC1CCC1. The highest BCUT2D eigenvalue weighted by molar-refractivity contribution is 5.86. The Morgan fingerprint density at radius 1 is 1.18 bits per heavy atom. The predicted octanol–water partition coefficient (Wildman–Crippen LogP) is 3.32. The number of carbonyl (C=O) groups excluding carboxylic acids is 2. The molecule has 1 aromatic rings. The molecule has 0 atom stereocenters. The Morgan fingerprint density at radius 3 is 2.45 bits per heavy atom. The lowest BCUT2D eigenvalue weighted by Crippen LogP contribution is -2.56. The molecule has 1 saturated heterocycles. The summed E-state index contributed by atoms with van der Waals surface area (Å²) in [6, 6.07) is 12.8. The van der Waals surface area contributed by atoms with Crippen molar-refractivity contribution in [1.29, 1.82) is 5.26 Å². The Balaban J connectivity index is 1.52. The highest BCUT2D eigenvalue weighted by Gasteiger charge is 2.55. The van der Waals surface area contributed by atoms with Crippen molar-refractivity contribution in [3.05, 3.63) is 35.9 Å². The van der Waals surface area contributed by atoms with Crippen LogP contribution >= 0.6 is 0 Å². The first-order valence-electron chi connectivity index (χ1n) is 12.3. The van der Waals surface area contributed by atoms with Gasteiger partial charge in [0.15, 0.2) is 0 Å². The van der Waals surface area contributed by atoms with Gasteiger partial charge in [-0.25, -0.2) is 4.79 Å². The number of hydrogen-bond acceptors (Lipinski definition) is 4. The third-order valence-corrected chi connectivity index (χ3v) is 8.29. The molecule has 178 valence electrons. The maximum absolute atomic E-state index is 13.5. The summed E-state index contributed by atoms with van der Waals surface area (Å²) in [5.41, 5.74) is 1.11. The van der Waals surface area contributed by atoms with E-state index in [0.29, 0.717) is 19.0 Å². The first kappa shape index (κ1) is 23.6. The van der Waals surface area contributed by atoms with Gasteiger partial charge in [0.2, 0.25) is 5.91 Å². The van der Waals surface area contributed by atoms with Gasteiger partial charge in [-0.15, -0.1) is 0 Å². The maximum Gasteiger partial charge on any atom is 0.321 e. The number of nitrogens with zero attached hydrogens (tertiary/aromatic N) is 4. The van der Waals surface area contributed by atoms with Crippen molar-refractivity contribution < 1.29 is 9.59 Å². The monoisotopic (exact) mass is 451 g/mol. The van der Waals surface area contributed by atoms with Gasteiger partial charge in [0.05, 0.1) is 18.0 Å². The normalized spacial score (nSPS) is 27.6. The van der Waals surface area contributed by atoms with E-state index in [-0.39, 0.29) is 36.0 Å². The standard InChI is InChI=1S/C26H37N5O2/c1-29(2)26(22-10-4-3-5-11-22)14-12-25(13-15-26)20-30(19-23(32)28-17-7-16-27)24(33)31(25)18-21-8-6-9-21/h3-5,10-11,21H,6-9,12-15,17-20H2,1-2H3,(H,28,32)/t25-,26+. The highest BCUT2D eigenvalue weighted by atomic mass is 16.2. The Hall–Kier alpha value is -2.59. The van der Waals surface area contributed by atoms with Crippen LogP contribution in [0.3, 0.4) is 0 Å². The van der Waals surface area contributed by atoms with E-state index >= 15 is 0 Å². The minimum absolute atomic E-state index is 0.00870. The number of hydrogen-bond donors (Lipinski definition) is 1. The van der Waals surface area contributed by atoms with Crippen LogP contribution in [-0.4, -0.2) is 72.5 Å². The van der Waals surface area contributed by atoms with Gasteiger partial charge in [-0.05, 0) is 64.1 Å². The fourth-order valence-electron chi connectivity index (χ4n) is 6.00. The fourth-order valence-corrected chi connectivity index (χ4v) is 6.00. The number of nitriles is 1. The van der Waals surface area contributed by atoms with E-state index in [2.05, 4.69) is 59.5 Å². The largest absolute Gasteiger partial charge is 0.354 e. The van der Waals surface area contributed by atoms with E-state index in [9.17, 15) is 9.59 Å². The van der Waals surface area contributed by atoms with Crippen LogP contribution in [0.25, 0.3) is 0 Å². The molecule has 2 aliphatic carbocycles. The van der Waals surface area contributed by atoms with Crippen molar-refractivity contribution in [2.24, 2.45) is 5.92 Å². The topological polar surface area (TPSA) is 79.7 Å². The molecule has 0 unspecified atom stereocenters. The van der Waals surface area contributed by atoms with Gasteiger partial charge in [0.1, 0.15) is 6.54 Å². The van der Waals surface area contributed by atoms with Crippen molar-refractivity contribution in [2.45, 2.75) is 62.4 Å². The van der Waals surface area contributed by atoms with E-state index in [1.54, 1.807) is 4.90 Å². The molecule has 0 radical (unpaired) electrons. The van der Waals surface area contributed by atoms with Crippen LogP contribution < -0.4 is 5.32 Å². The van der Waals surface area contributed by atoms with Crippen LogP contribution in [0.1, 0.15) is 56.9 Å². The first-order chi connectivity index (χ1) is 15.9. The molecule has 1 spiro atoms. The molecule has 0 aromatic heterocycles. The van der Waals surface area contributed by atoms with Gasteiger partial charge in [-0.3, -0.25) is 9.69 Å². The van der Waals surface area contributed by atoms with Crippen molar-refractivity contribution in [1.82, 2.24) is 20.0 Å². The van der Waals surface area contributed by atoms with E-state index in [1.807, 2.05) is 6.07 Å². The molecule has 7 heteroatoms. The lowest BCUT2D eigenvalue weighted by molar-refractivity contribution is -0.121. The number of benzene rings is 1.